The second-order valence-corrected chi connectivity index (χ2v) is 11.3. The summed E-state index contributed by atoms with van der Waals surface area (Å²) in [6, 6.07) is 3.20. The Bertz CT molecular complexity index is 1330. The summed E-state index contributed by atoms with van der Waals surface area (Å²) in [6.45, 7) is 14.2. The van der Waals surface area contributed by atoms with Crippen LogP contribution in [0.25, 0.3) is 5.52 Å². The first-order chi connectivity index (χ1) is 20.6. The molecule has 0 spiro atoms. The third kappa shape index (κ3) is 8.84. The molecule has 2 aromatic rings. The number of nitrogens with zero attached hydrogens (tertiary/aromatic N) is 3. The van der Waals surface area contributed by atoms with E-state index < -0.39 is 73.4 Å². The maximum Gasteiger partial charge on any atom is 0.509 e. The summed E-state index contributed by atoms with van der Waals surface area (Å²) in [6.07, 6.45) is -8.47. The van der Waals surface area contributed by atoms with Crippen LogP contribution in [0, 0.1) is 0 Å². The Morgan fingerprint density at radius 2 is 1.43 bits per heavy atom. The lowest BCUT2D eigenvalue weighted by atomic mass is 9.96. The molecule has 3 rings (SSSR count). The van der Waals surface area contributed by atoms with E-state index in [1.807, 2.05) is 0 Å². The number of aromatic nitrogens is 3. The minimum Gasteiger partial charge on any atom is -0.447 e. The van der Waals surface area contributed by atoms with Crippen LogP contribution in [0.5, 0.6) is 0 Å². The Morgan fingerprint density at radius 3 is 2.02 bits per heavy atom. The average molecular weight is 625 g/mol. The molecule has 1 N–H and O–H groups in total. The molecule has 3 heterocycles. The number of anilines is 1. The van der Waals surface area contributed by atoms with E-state index in [-0.39, 0.29) is 11.9 Å². The summed E-state index contributed by atoms with van der Waals surface area (Å²) in [5.41, 5.74) is -0.944. The molecule has 4 atom stereocenters. The molecule has 244 valence electrons. The lowest BCUT2D eigenvalue weighted by Gasteiger charge is -2.30. The predicted octanol–water partition coefficient (Wildman–Crippen LogP) is 4.94. The molecule has 16 heteroatoms. The van der Waals surface area contributed by atoms with Gasteiger partial charge in [-0.1, -0.05) is 0 Å². The molecule has 1 amide bonds. The maximum atomic E-state index is 12.8. The molecule has 0 aliphatic carbocycles. The lowest BCUT2D eigenvalue weighted by Crippen LogP contribution is -2.49. The van der Waals surface area contributed by atoms with E-state index in [0.717, 1.165) is 0 Å². The van der Waals surface area contributed by atoms with Crippen molar-refractivity contribution in [3.05, 3.63) is 24.2 Å². The summed E-state index contributed by atoms with van der Waals surface area (Å²) in [5.74, 6) is 0.127. The molecule has 0 bridgehead atoms. The molecule has 1 saturated heterocycles. The van der Waals surface area contributed by atoms with Crippen LogP contribution in [-0.2, 0) is 37.9 Å². The van der Waals surface area contributed by atoms with Crippen molar-refractivity contribution in [2.45, 2.75) is 111 Å². The van der Waals surface area contributed by atoms with E-state index in [9.17, 15) is 19.2 Å². The highest BCUT2D eigenvalue weighted by Crippen LogP contribution is 2.44. The summed E-state index contributed by atoms with van der Waals surface area (Å²) in [5, 5.41) is 6.85. The lowest BCUT2D eigenvalue weighted by molar-refractivity contribution is -0.120. The van der Waals surface area contributed by atoms with Crippen molar-refractivity contribution in [2.24, 2.45) is 0 Å². The first-order valence-electron chi connectivity index (χ1n) is 14.2. The zero-order chi connectivity index (χ0) is 32.8. The van der Waals surface area contributed by atoms with Gasteiger partial charge in [-0.25, -0.2) is 28.7 Å². The Hall–Kier alpha value is -4.34. The molecule has 1 fully saturated rings. The molecular weight excluding hydrogens is 584 g/mol. The van der Waals surface area contributed by atoms with E-state index in [2.05, 4.69) is 15.4 Å². The summed E-state index contributed by atoms with van der Waals surface area (Å²) in [7, 11) is 0. The number of carbonyl (C=O) groups excluding carboxylic acids is 4. The van der Waals surface area contributed by atoms with Crippen molar-refractivity contribution in [1.29, 1.82) is 0 Å². The molecule has 0 unspecified atom stereocenters. The number of ether oxygens (including phenoxy) is 8. The van der Waals surface area contributed by atoms with Crippen LogP contribution in [0.4, 0.5) is 25.0 Å². The first kappa shape index (κ1) is 34.2. The topological polar surface area (TPSA) is 184 Å². The van der Waals surface area contributed by atoms with Gasteiger partial charge in [0.05, 0.1) is 30.1 Å². The van der Waals surface area contributed by atoms with Gasteiger partial charge in [-0.2, -0.15) is 5.10 Å². The smallest absolute Gasteiger partial charge is 0.447 e. The van der Waals surface area contributed by atoms with Crippen LogP contribution in [0.15, 0.2) is 18.5 Å². The Kier molecular flexibility index (Phi) is 11.2. The zero-order valence-electron chi connectivity index (χ0n) is 26.2. The van der Waals surface area contributed by atoms with Crippen LogP contribution in [0.2, 0.25) is 0 Å². The standard InChI is InChI=1S/C28H40N4O12/c1-14(2)38-24(33)31-23-19-11-10-18(32(19)30-13-29-23)20-21(42-26(35)40-16(5)6)22(43-27(36)41-17(7)8)28(9,44-20)12-37-25(34)39-15(3)4/h10-11,13-17,20-22H,12H2,1-9H3,(H,29,30,31,33)/t20-,21-,22-,28+/m0/s1. The maximum absolute atomic E-state index is 12.8. The van der Waals surface area contributed by atoms with Crippen LogP contribution >= 0.6 is 0 Å². The van der Waals surface area contributed by atoms with Gasteiger partial charge in [0, 0.05) is 0 Å². The van der Waals surface area contributed by atoms with Gasteiger partial charge in [-0.05, 0) is 74.4 Å². The molecule has 1 aliphatic rings. The molecule has 0 aromatic carbocycles. The molecule has 2 aromatic heterocycles. The van der Waals surface area contributed by atoms with Crippen LogP contribution in [0.1, 0.15) is 74.1 Å². The van der Waals surface area contributed by atoms with Gasteiger partial charge < -0.3 is 37.9 Å². The largest absolute Gasteiger partial charge is 0.509 e. The number of rotatable bonds is 10. The molecule has 0 saturated carbocycles. The third-order valence-corrected chi connectivity index (χ3v) is 5.86. The van der Waals surface area contributed by atoms with Crippen LogP contribution in [-0.4, -0.2) is 88.0 Å². The molecule has 1 aliphatic heterocycles. The van der Waals surface area contributed by atoms with Crippen LogP contribution in [0.3, 0.4) is 0 Å². The highest BCUT2D eigenvalue weighted by Gasteiger charge is 2.59. The van der Waals surface area contributed by atoms with E-state index in [4.69, 9.17) is 37.9 Å². The van der Waals surface area contributed by atoms with E-state index >= 15 is 0 Å². The van der Waals surface area contributed by atoms with Crippen molar-refractivity contribution < 1.29 is 57.1 Å². The zero-order valence-corrected chi connectivity index (χ0v) is 26.2. The van der Waals surface area contributed by atoms with E-state index in [0.29, 0.717) is 11.2 Å². The minimum absolute atomic E-state index is 0.127. The van der Waals surface area contributed by atoms with Gasteiger partial charge in [-0.15, -0.1) is 0 Å². The van der Waals surface area contributed by atoms with Gasteiger partial charge >= 0.3 is 24.6 Å². The van der Waals surface area contributed by atoms with E-state index in [1.165, 1.54) is 17.8 Å². The van der Waals surface area contributed by atoms with Gasteiger partial charge in [0.25, 0.3) is 0 Å². The first-order valence-corrected chi connectivity index (χ1v) is 14.2. The predicted molar refractivity (Wildman–Crippen MR) is 151 cm³/mol. The second kappa shape index (κ2) is 14.4. The summed E-state index contributed by atoms with van der Waals surface area (Å²) in [4.78, 5) is 54.2. The molecular formula is C28H40N4O12. The minimum atomic E-state index is -1.60. The van der Waals surface area contributed by atoms with Gasteiger partial charge in [0.15, 0.2) is 18.0 Å². The fraction of sp³-hybridized carbons (Fsp3) is 0.643. The highest BCUT2D eigenvalue weighted by molar-refractivity contribution is 5.88. The SMILES string of the molecule is CC(C)OC(=O)Nc1ncnn2c([C@@H]3O[C@](C)(COC(=O)OC(C)C)[C@@H](OC(=O)OC(C)C)[C@H]3OC(=O)OC(C)C)ccc12. The number of hydrogen-bond acceptors (Lipinski definition) is 14. The van der Waals surface area contributed by atoms with Crippen molar-refractivity contribution in [2.75, 3.05) is 11.9 Å². The number of hydrogen-bond donors (Lipinski definition) is 1. The van der Waals surface area contributed by atoms with Gasteiger partial charge in [-0.3, -0.25) is 5.32 Å². The monoisotopic (exact) mass is 624 g/mol. The average Bonchev–Trinajstić information content (AvgIpc) is 3.41. The van der Waals surface area contributed by atoms with Crippen LogP contribution < -0.4 is 5.32 Å². The third-order valence-electron chi connectivity index (χ3n) is 5.86. The fourth-order valence-electron chi connectivity index (χ4n) is 4.28. The number of carbonyl (C=O) groups is 4. The van der Waals surface area contributed by atoms with Gasteiger partial charge in [0.2, 0.25) is 0 Å². The normalized spacial score (nSPS) is 21.4. The Labute approximate surface area is 254 Å². The van der Waals surface area contributed by atoms with Crippen molar-refractivity contribution in [3.8, 4) is 0 Å². The molecule has 16 nitrogen and oxygen atoms in total. The van der Waals surface area contributed by atoms with Crippen molar-refractivity contribution >= 4 is 35.9 Å². The summed E-state index contributed by atoms with van der Waals surface area (Å²) < 4.78 is 45.0. The number of nitrogens with one attached hydrogen (secondary N) is 1. The Balaban J connectivity index is 2.06. The summed E-state index contributed by atoms with van der Waals surface area (Å²) >= 11 is 0. The van der Waals surface area contributed by atoms with Gasteiger partial charge in [0.1, 0.15) is 30.2 Å². The Morgan fingerprint density at radius 1 is 0.864 bits per heavy atom. The van der Waals surface area contributed by atoms with Crippen molar-refractivity contribution in [1.82, 2.24) is 14.6 Å². The molecule has 0 radical (unpaired) electrons. The fourth-order valence-corrected chi connectivity index (χ4v) is 4.28. The van der Waals surface area contributed by atoms with Crippen molar-refractivity contribution in [3.63, 3.8) is 0 Å². The quantitative estimate of drug-likeness (QED) is 0.277. The highest BCUT2D eigenvalue weighted by atomic mass is 16.8. The second-order valence-electron chi connectivity index (χ2n) is 11.3. The number of amides is 1. The number of fused-ring (bicyclic) bond motifs is 1. The van der Waals surface area contributed by atoms with E-state index in [1.54, 1.807) is 67.5 Å². The molecule has 44 heavy (non-hydrogen) atoms.